The van der Waals surface area contributed by atoms with Gasteiger partial charge in [-0.05, 0) is 56.1 Å². The van der Waals surface area contributed by atoms with Crippen molar-refractivity contribution in [2.24, 2.45) is 11.8 Å². The number of hydrogen-bond acceptors (Lipinski definition) is 0. The standard InChI is InChI=1S/C16H26/c1-5-6-7-14-8-9-15-12(3)11(2)13(4)16(15)10-14/h12,14H,5-10H2,1-4H3. The summed E-state index contributed by atoms with van der Waals surface area (Å²) in [6, 6.07) is 0. The lowest BCUT2D eigenvalue weighted by Crippen LogP contribution is -2.11. The highest BCUT2D eigenvalue weighted by atomic mass is 14.4. The molecule has 0 heterocycles. The molecule has 2 rings (SSSR count). The van der Waals surface area contributed by atoms with Crippen LogP contribution in [0.25, 0.3) is 0 Å². The summed E-state index contributed by atoms with van der Waals surface area (Å²) in [5.41, 5.74) is 6.80. The van der Waals surface area contributed by atoms with Gasteiger partial charge in [0.25, 0.3) is 0 Å². The van der Waals surface area contributed by atoms with E-state index in [-0.39, 0.29) is 0 Å². The van der Waals surface area contributed by atoms with Gasteiger partial charge < -0.3 is 0 Å². The van der Waals surface area contributed by atoms with Crippen LogP contribution in [-0.4, -0.2) is 0 Å². The second-order valence-electron chi connectivity index (χ2n) is 5.78. The maximum atomic E-state index is 2.40. The van der Waals surface area contributed by atoms with E-state index in [0.717, 1.165) is 11.8 Å². The molecule has 2 aliphatic carbocycles. The zero-order valence-electron chi connectivity index (χ0n) is 11.4. The molecule has 0 saturated heterocycles. The molecule has 90 valence electrons. The van der Waals surface area contributed by atoms with Crippen LogP contribution in [0.2, 0.25) is 0 Å². The second kappa shape index (κ2) is 4.77. The molecule has 0 aromatic heterocycles. The van der Waals surface area contributed by atoms with Crippen LogP contribution in [0.15, 0.2) is 22.3 Å². The van der Waals surface area contributed by atoms with Crippen molar-refractivity contribution in [3.8, 4) is 0 Å². The van der Waals surface area contributed by atoms with Gasteiger partial charge in [-0.3, -0.25) is 0 Å². The van der Waals surface area contributed by atoms with E-state index in [2.05, 4.69) is 27.7 Å². The maximum absolute atomic E-state index is 2.40. The fourth-order valence-corrected chi connectivity index (χ4v) is 3.47. The van der Waals surface area contributed by atoms with Crippen LogP contribution in [-0.2, 0) is 0 Å². The lowest BCUT2D eigenvalue weighted by molar-refractivity contribution is 0.407. The van der Waals surface area contributed by atoms with Gasteiger partial charge in [0.2, 0.25) is 0 Å². The van der Waals surface area contributed by atoms with Crippen molar-refractivity contribution in [2.45, 2.75) is 66.2 Å². The van der Waals surface area contributed by atoms with Crippen molar-refractivity contribution in [2.75, 3.05) is 0 Å². The molecule has 0 radical (unpaired) electrons. The van der Waals surface area contributed by atoms with Crippen molar-refractivity contribution in [3.63, 3.8) is 0 Å². The average Bonchev–Trinajstić information content (AvgIpc) is 2.52. The van der Waals surface area contributed by atoms with Crippen molar-refractivity contribution in [3.05, 3.63) is 22.3 Å². The third-order valence-electron chi connectivity index (χ3n) is 4.88. The zero-order chi connectivity index (χ0) is 11.7. The molecule has 0 N–H and O–H groups in total. The minimum absolute atomic E-state index is 0.752. The quantitative estimate of drug-likeness (QED) is 0.606. The first-order chi connectivity index (χ1) is 7.65. The van der Waals surface area contributed by atoms with Gasteiger partial charge in [0.15, 0.2) is 0 Å². The Balaban J connectivity index is 2.08. The van der Waals surface area contributed by atoms with E-state index < -0.39 is 0 Å². The van der Waals surface area contributed by atoms with E-state index in [1.807, 2.05) is 0 Å². The Kier molecular flexibility index (Phi) is 3.56. The normalized spacial score (nSPS) is 30.0. The topological polar surface area (TPSA) is 0 Å². The van der Waals surface area contributed by atoms with Gasteiger partial charge in [0.05, 0.1) is 0 Å². The molecule has 2 atom stereocenters. The number of rotatable bonds is 3. The van der Waals surface area contributed by atoms with E-state index in [1.54, 1.807) is 22.3 Å². The van der Waals surface area contributed by atoms with Crippen molar-refractivity contribution < 1.29 is 0 Å². The van der Waals surface area contributed by atoms with Crippen LogP contribution in [0.5, 0.6) is 0 Å². The number of hydrogen-bond donors (Lipinski definition) is 0. The Morgan fingerprint density at radius 2 is 2.00 bits per heavy atom. The lowest BCUT2D eigenvalue weighted by Gasteiger charge is -2.26. The predicted molar refractivity (Wildman–Crippen MR) is 71.4 cm³/mol. The van der Waals surface area contributed by atoms with Gasteiger partial charge in [0.1, 0.15) is 0 Å². The molecule has 0 amide bonds. The Hall–Kier alpha value is -0.520. The lowest BCUT2D eigenvalue weighted by atomic mass is 9.79. The third kappa shape index (κ3) is 1.99. The summed E-state index contributed by atoms with van der Waals surface area (Å²) >= 11 is 0. The number of unbranched alkanes of at least 4 members (excludes halogenated alkanes) is 1. The highest BCUT2D eigenvalue weighted by Crippen LogP contribution is 2.46. The molecule has 0 bridgehead atoms. The molecule has 0 aromatic rings. The summed E-state index contributed by atoms with van der Waals surface area (Å²) in [5.74, 6) is 1.73. The first-order valence-electron chi connectivity index (χ1n) is 7.04. The van der Waals surface area contributed by atoms with Crippen molar-refractivity contribution in [1.82, 2.24) is 0 Å². The highest BCUT2D eigenvalue weighted by molar-refractivity contribution is 5.48. The average molecular weight is 218 g/mol. The molecule has 0 aliphatic heterocycles. The smallest absolute Gasteiger partial charge is 0.00125 e. The van der Waals surface area contributed by atoms with Gasteiger partial charge in [0, 0.05) is 0 Å². The molecular formula is C16H26. The van der Waals surface area contributed by atoms with Crippen LogP contribution in [0.3, 0.4) is 0 Å². The highest BCUT2D eigenvalue weighted by Gasteiger charge is 2.30. The van der Waals surface area contributed by atoms with Gasteiger partial charge in [-0.1, -0.05) is 44.3 Å². The van der Waals surface area contributed by atoms with Crippen LogP contribution in [0.4, 0.5) is 0 Å². The molecule has 0 aromatic carbocycles. The summed E-state index contributed by atoms with van der Waals surface area (Å²) < 4.78 is 0. The second-order valence-corrected chi connectivity index (χ2v) is 5.78. The molecule has 2 aliphatic rings. The molecule has 0 spiro atoms. The number of allylic oxidation sites excluding steroid dienone is 4. The van der Waals surface area contributed by atoms with Crippen molar-refractivity contribution in [1.29, 1.82) is 0 Å². The Labute approximate surface area is 101 Å². The first-order valence-corrected chi connectivity index (χ1v) is 7.04. The summed E-state index contributed by atoms with van der Waals surface area (Å²) in [5, 5.41) is 0. The summed E-state index contributed by atoms with van der Waals surface area (Å²) in [6.45, 7) is 9.38. The Morgan fingerprint density at radius 1 is 1.25 bits per heavy atom. The molecule has 0 nitrogen and oxygen atoms in total. The van der Waals surface area contributed by atoms with E-state index in [4.69, 9.17) is 0 Å². The van der Waals surface area contributed by atoms with E-state index in [0.29, 0.717) is 0 Å². The summed E-state index contributed by atoms with van der Waals surface area (Å²) in [7, 11) is 0. The molecule has 0 saturated carbocycles. The fraction of sp³-hybridized carbons (Fsp3) is 0.750. The first kappa shape index (κ1) is 12.0. The van der Waals surface area contributed by atoms with Gasteiger partial charge in [-0.15, -0.1) is 0 Å². The SMILES string of the molecule is CCCCC1CCC2=C(C1)C(C)=C(C)C2C. The van der Waals surface area contributed by atoms with Gasteiger partial charge >= 0.3 is 0 Å². The summed E-state index contributed by atoms with van der Waals surface area (Å²) in [6.07, 6.45) is 8.43. The molecule has 2 unspecified atom stereocenters. The van der Waals surface area contributed by atoms with Gasteiger partial charge in [-0.2, -0.15) is 0 Å². The minimum atomic E-state index is 0.752. The predicted octanol–water partition coefficient (Wildman–Crippen LogP) is 5.26. The summed E-state index contributed by atoms with van der Waals surface area (Å²) in [4.78, 5) is 0. The van der Waals surface area contributed by atoms with E-state index in [9.17, 15) is 0 Å². The maximum Gasteiger partial charge on any atom is -0.00125 e. The van der Waals surface area contributed by atoms with Crippen LogP contribution >= 0.6 is 0 Å². The Morgan fingerprint density at radius 3 is 2.69 bits per heavy atom. The largest absolute Gasteiger partial charge is 0.0654 e. The van der Waals surface area contributed by atoms with E-state index in [1.165, 1.54) is 38.5 Å². The fourth-order valence-electron chi connectivity index (χ4n) is 3.47. The van der Waals surface area contributed by atoms with Crippen LogP contribution in [0, 0.1) is 11.8 Å². The third-order valence-corrected chi connectivity index (χ3v) is 4.88. The monoisotopic (exact) mass is 218 g/mol. The molecule has 0 fully saturated rings. The van der Waals surface area contributed by atoms with Crippen LogP contribution < -0.4 is 0 Å². The zero-order valence-corrected chi connectivity index (χ0v) is 11.4. The van der Waals surface area contributed by atoms with Gasteiger partial charge in [-0.25, -0.2) is 0 Å². The van der Waals surface area contributed by atoms with E-state index >= 15 is 0 Å². The van der Waals surface area contributed by atoms with Crippen molar-refractivity contribution >= 4 is 0 Å². The molecule has 0 heteroatoms. The molecule has 16 heavy (non-hydrogen) atoms. The Bertz CT molecular complexity index is 330. The minimum Gasteiger partial charge on any atom is -0.0654 e. The molecular weight excluding hydrogens is 192 g/mol. The van der Waals surface area contributed by atoms with Crippen LogP contribution in [0.1, 0.15) is 66.2 Å².